The fourth-order valence-electron chi connectivity index (χ4n) is 5.78. The molecule has 2 aromatic heterocycles. The molecule has 0 fully saturated rings. The zero-order chi connectivity index (χ0) is 34.9. The summed E-state index contributed by atoms with van der Waals surface area (Å²) in [6.45, 7) is 0. The highest BCUT2D eigenvalue weighted by molar-refractivity contribution is 7.19. The summed E-state index contributed by atoms with van der Waals surface area (Å²) >= 11 is 1.80. The Balaban J connectivity index is 1.58. The molecular weight excluding hydrogens is 687 g/mol. The molecule has 248 valence electrons. The molecule has 4 aromatic carbocycles. The van der Waals surface area contributed by atoms with Crippen LogP contribution >= 0.6 is 22.7 Å². The van der Waals surface area contributed by atoms with Crippen molar-refractivity contribution in [1.29, 1.82) is 0 Å². The lowest BCUT2D eigenvalue weighted by atomic mass is 9.92. The Morgan fingerprint density at radius 2 is 0.653 bits per heavy atom. The van der Waals surface area contributed by atoms with Crippen LogP contribution in [-0.2, 0) is 0 Å². The molecule has 0 saturated heterocycles. The molecule has 0 unspecified atom stereocenters. The van der Waals surface area contributed by atoms with Gasteiger partial charge in [-0.2, -0.15) is 26.3 Å². The van der Waals surface area contributed by atoms with Crippen LogP contribution < -0.4 is 0 Å². The molecule has 2 heterocycles. The predicted octanol–water partition coefficient (Wildman–Crippen LogP) is 11.1. The van der Waals surface area contributed by atoms with E-state index in [1.807, 2.05) is 0 Å². The number of halogens is 6. The number of allylic oxidation sites excluding steroid dienone is 2. The quantitative estimate of drug-likeness (QED) is 0.130. The maximum atomic E-state index is 16.3. The maximum Gasteiger partial charge on any atom is 0.380 e. The van der Waals surface area contributed by atoms with Crippen molar-refractivity contribution in [3.8, 4) is 64.8 Å². The van der Waals surface area contributed by atoms with Crippen molar-refractivity contribution in [2.75, 3.05) is 0 Å². The van der Waals surface area contributed by atoms with E-state index in [1.54, 1.807) is 0 Å². The van der Waals surface area contributed by atoms with Crippen molar-refractivity contribution in [1.82, 2.24) is 0 Å². The molecule has 1 aliphatic carbocycles. The van der Waals surface area contributed by atoms with Crippen molar-refractivity contribution in [3.63, 3.8) is 0 Å². The van der Waals surface area contributed by atoms with E-state index in [0.29, 0.717) is 11.1 Å². The first-order chi connectivity index (χ1) is 23.2. The normalized spacial score (nSPS) is 16.3. The van der Waals surface area contributed by atoms with Crippen molar-refractivity contribution < 1.29 is 46.8 Å². The molecule has 12 heteroatoms. The fraction of sp³-hybridized carbons (Fsp3) is 0.0811. The van der Waals surface area contributed by atoms with Gasteiger partial charge in [0, 0.05) is 41.8 Å². The highest BCUT2D eigenvalue weighted by Gasteiger charge is 2.80. The average Bonchev–Trinajstić information content (AvgIpc) is 3.72. The fourth-order valence-corrected chi connectivity index (χ4v) is 8.13. The molecule has 4 nitrogen and oxygen atoms in total. The van der Waals surface area contributed by atoms with E-state index in [-0.39, 0.29) is 53.6 Å². The van der Waals surface area contributed by atoms with E-state index in [9.17, 15) is 20.4 Å². The topological polar surface area (TPSA) is 80.9 Å². The zero-order valence-electron chi connectivity index (χ0n) is 24.8. The third-order valence-corrected chi connectivity index (χ3v) is 10.7. The number of rotatable bonds is 6. The summed E-state index contributed by atoms with van der Waals surface area (Å²) in [7, 11) is 0. The lowest BCUT2D eigenvalue weighted by Crippen LogP contribution is -2.48. The minimum atomic E-state index is -5.84. The Hall–Kier alpha value is -5.20. The smallest absolute Gasteiger partial charge is 0.380 e. The number of benzene rings is 4. The molecule has 1 aliphatic rings. The van der Waals surface area contributed by atoms with Crippen LogP contribution in [0.5, 0.6) is 23.0 Å². The van der Waals surface area contributed by atoms with Crippen molar-refractivity contribution in [2.45, 2.75) is 17.8 Å². The van der Waals surface area contributed by atoms with Crippen molar-refractivity contribution >= 4 is 33.8 Å². The Labute approximate surface area is 282 Å². The summed E-state index contributed by atoms with van der Waals surface area (Å²) < 4.78 is 96.4. The van der Waals surface area contributed by atoms with Crippen LogP contribution in [0.1, 0.15) is 11.1 Å². The summed E-state index contributed by atoms with van der Waals surface area (Å²) in [5.41, 5.74) is -2.98. The third kappa shape index (κ3) is 5.22. The van der Waals surface area contributed by atoms with Gasteiger partial charge < -0.3 is 20.4 Å². The number of aromatic hydroxyl groups is 4. The number of hydrogen-bond acceptors (Lipinski definition) is 6. The lowest BCUT2D eigenvalue weighted by molar-refractivity contribution is -0.254. The Bertz CT molecular complexity index is 2060. The van der Waals surface area contributed by atoms with Crippen LogP contribution in [0.2, 0.25) is 0 Å². The Morgan fingerprint density at radius 1 is 0.388 bits per heavy atom. The van der Waals surface area contributed by atoms with E-state index >= 15 is 26.3 Å². The average molecular weight is 709 g/mol. The van der Waals surface area contributed by atoms with Crippen LogP contribution in [0.25, 0.3) is 52.9 Å². The molecule has 0 aliphatic heterocycles. The van der Waals surface area contributed by atoms with Crippen LogP contribution in [0.3, 0.4) is 0 Å². The molecule has 0 amide bonds. The first-order valence-electron chi connectivity index (χ1n) is 14.5. The van der Waals surface area contributed by atoms with Gasteiger partial charge in [-0.15, -0.1) is 22.7 Å². The molecule has 4 N–H and O–H groups in total. The highest BCUT2D eigenvalue weighted by atomic mass is 32.1. The lowest BCUT2D eigenvalue weighted by Gasteiger charge is -2.26. The molecule has 7 rings (SSSR count). The first kappa shape index (κ1) is 32.4. The van der Waals surface area contributed by atoms with Crippen molar-refractivity contribution in [3.05, 3.63) is 120 Å². The largest absolute Gasteiger partial charge is 0.508 e. The zero-order valence-corrected chi connectivity index (χ0v) is 26.4. The van der Waals surface area contributed by atoms with Crippen LogP contribution in [0.4, 0.5) is 26.3 Å². The molecule has 0 saturated carbocycles. The van der Waals surface area contributed by atoms with E-state index in [0.717, 1.165) is 34.8 Å². The molecule has 49 heavy (non-hydrogen) atoms. The van der Waals surface area contributed by atoms with Crippen LogP contribution in [0, 0.1) is 0 Å². The van der Waals surface area contributed by atoms with E-state index in [1.165, 1.54) is 97.1 Å². The van der Waals surface area contributed by atoms with Gasteiger partial charge in [0.25, 0.3) is 0 Å². The van der Waals surface area contributed by atoms with Gasteiger partial charge in [-0.3, -0.25) is 0 Å². The first-order valence-corrected chi connectivity index (χ1v) is 16.2. The van der Waals surface area contributed by atoms with E-state index < -0.39 is 40.0 Å². The van der Waals surface area contributed by atoms with E-state index in [4.69, 9.17) is 0 Å². The van der Waals surface area contributed by atoms with Gasteiger partial charge in [0.1, 0.15) is 23.0 Å². The third-order valence-electron chi connectivity index (χ3n) is 8.23. The second-order valence-corrected chi connectivity index (χ2v) is 13.5. The predicted molar refractivity (Wildman–Crippen MR) is 179 cm³/mol. The summed E-state index contributed by atoms with van der Waals surface area (Å²) in [4.78, 5) is 0.495. The van der Waals surface area contributed by atoms with Gasteiger partial charge in [-0.05, 0) is 131 Å². The van der Waals surface area contributed by atoms with Gasteiger partial charge in [0.15, 0.2) is 0 Å². The second-order valence-electron chi connectivity index (χ2n) is 11.4. The summed E-state index contributed by atoms with van der Waals surface area (Å²) in [6.07, 6.45) is 0. The minimum absolute atomic E-state index is 0.0241. The second kappa shape index (κ2) is 11.5. The van der Waals surface area contributed by atoms with Gasteiger partial charge >= 0.3 is 17.8 Å². The van der Waals surface area contributed by atoms with Crippen LogP contribution in [0.15, 0.2) is 109 Å². The maximum absolute atomic E-state index is 16.3. The van der Waals surface area contributed by atoms with Gasteiger partial charge in [-0.1, -0.05) is 0 Å². The van der Waals surface area contributed by atoms with E-state index in [2.05, 4.69) is 0 Å². The number of thiophene rings is 2. The summed E-state index contributed by atoms with van der Waals surface area (Å²) in [5, 5.41) is 39.4. The van der Waals surface area contributed by atoms with Gasteiger partial charge in [0.05, 0.1) is 0 Å². The number of phenols is 4. The summed E-state index contributed by atoms with van der Waals surface area (Å²) in [6, 6.07) is 24.1. The number of phenolic OH excluding ortho intramolecular Hbond substituents is 4. The Morgan fingerprint density at radius 3 is 0.939 bits per heavy atom. The summed E-state index contributed by atoms with van der Waals surface area (Å²) in [5.74, 6) is -17.1. The molecule has 0 radical (unpaired) electrons. The number of alkyl halides is 6. The van der Waals surface area contributed by atoms with Gasteiger partial charge in [0.2, 0.25) is 0 Å². The molecule has 0 bridgehead atoms. The monoisotopic (exact) mass is 708 g/mol. The molecule has 6 aromatic rings. The molecule has 0 atom stereocenters. The molecular formula is C37H22F6O4S2. The SMILES string of the molecule is Oc1ccc(-c2cc(C3=C(c4cc(-c5ccc(O)cc5)sc4-c4ccc(O)cc4)C(F)(F)C(F)(F)C3(F)F)c(-c3ccc(O)cc3)s2)cc1. The Kier molecular flexibility index (Phi) is 7.56. The standard InChI is InChI=1S/C37H22F6O4S2/c38-35(39)31(27-17-29(19-1-9-23(44)10-2-19)48-33(27)21-5-13-25(46)14-6-21)32(36(40,41)37(35,42)43)28-18-30(20-3-11-24(45)12-4-20)49-34(28)22-7-15-26(47)16-8-22/h1-18,44-47H. The number of hydrogen-bond donors (Lipinski definition) is 4. The minimum Gasteiger partial charge on any atom is -0.508 e. The van der Waals surface area contributed by atoms with Crippen LogP contribution in [-0.4, -0.2) is 38.2 Å². The molecule has 0 spiro atoms. The highest BCUT2D eigenvalue weighted by Crippen LogP contribution is 2.67. The van der Waals surface area contributed by atoms with Gasteiger partial charge in [-0.25, -0.2) is 0 Å². The van der Waals surface area contributed by atoms with Crippen molar-refractivity contribution in [2.24, 2.45) is 0 Å².